The minimum atomic E-state index is -3.25. The fraction of sp³-hybridized carbons (Fsp3) is 0.889. The maximum atomic E-state index is 11.4. The van der Waals surface area contributed by atoms with Gasteiger partial charge < -0.3 is 5.11 Å². The standard InChI is InChI=1S/C9H19NO4S/c1-7(2)15(13,14)10-8(3)5-4-6-9(11)12/h7-8,10H,4-6H2,1-3H3,(H,11,12). The van der Waals surface area contributed by atoms with Crippen LogP contribution in [0.2, 0.25) is 0 Å². The lowest BCUT2D eigenvalue weighted by molar-refractivity contribution is -0.137. The summed E-state index contributed by atoms with van der Waals surface area (Å²) in [6.07, 6.45) is 1.10. The molecule has 0 saturated carbocycles. The van der Waals surface area contributed by atoms with Crippen molar-refractivity contribution in [3.05, 3.63) is 0 Å². The summed E-state index contributed by atoms with van der Waals surface area (Å²) < 4.78 is 25.3. The normalized spacial score (nSPS) is 14.1. The molecule has 0 bridgehead atoms. The maximum absolute atomic E-state index is 11.4. The van der Waals surface area contributed by atoms with E-state index in [1.165, 1.54) is 0 Å². The zero-order chi connectivity index (χ0) is 12.1. The topological polar surface area (TPSA) is 83.5 Å². The van der Waals surface area contributed by atoms with Crippen molar-refractivity contribution in [3.63, 3.8) is 0 Å². The van der Waals surface area contributed by atoms with Gasteiger partial charge in [-0.05, 0) is 33.6 Å². The molecule has 0 saturated heterocycles. The lowest BCUT2D eigenvalue weighted by atomic mass is 10.1. The molecule has 1 unspecified atom stereocenters. The summed E-state index contributed by atoms with van der Waals surface area (Å²) in [6.45, 7) is 4.94. The Morgan fingerprint density at radius 3 is 2.27 bits per heavy atom. The SMILES string of the molecule is CC(CCCC(=O)O)NS(=O)(=O)C(C)C. The molecule has 90 valence electrons. The first-order valence-electron chi connectivity index (χ1n) is 4.98. The lowest BCUT2D eigenvalue weighted by Gasteiger charge is -2.15. The second kappa shape index (κ2) is 6.07. The van der Waals surface area contributed by atoms with Crippen molar-refractivity contribution in [3.8, 4) is 0 Å². The molecule has 0 aromatic rings. The Bertz CT molecular complexity index is 297. The second-order valence-corrected chi connectivity index (χ2v) is 6.17. The van der Waals surface area contributed by atoms with E-state index in [0.717, 1.165) is 0 Å². The molecule has 0 aliphatic carbocycles. The number of aliphatic carboxylic acids is 1. The first kappa shape index (κ1) is 14.4. The van der Waals surface area contributed by atoms with E-state index in [1.54, 1.807) is 20.8 Å². The Labute approximate surface area is 90.9 Å². The van der Waals surface area contributed by atoms with E-state index >= 15 is 0 Å². The van der Waals surface area contributed by atoms with E-state index in [4.69, 9.17) is 5.11 Å². The predicted molar refractivity (Wildman–Crippen MR) is 58.1 cm³/mol. The molecule has 0 aromatic carbocycles. The average Bonchev–Trinajstić information content (AvgIpc) is 2.01. The van der Waals surface area contributed by atoms with Gasteiger partial charge in [0.2, 0.25) is 10.0 Å². The van der Waals surface area contributed by atoms with Crippen LogP contribution < -0.4 is 4.72 Å². The van der Waals surface area contributed by atoms with Crippen molar-refractivity contribution < 1.29 is 18.3 Å². The highest BCUT2D eigenvalue weighted by Gasteiger charge is 2.18. The molecule has 0 heterocycles. The minimum absolute atomic E-state index is 0.0771. The molecule has 0 aliphatic rings. The van der Waals surface area contributed by atoms with E-state index in [0.29, 0.717) is 12.8 Å². The van der Waals surface area contributed by atoms with Gasteiger partial charge in [0.15, 0.2) is 0 Å². The van der Waals surface area contributed by atoms with Gasteiger partial charge in [0, 0.05) is 12.5 Å². The smallest absolute Gasteiger partial charge is 0.303 e. The van der Waals surface area contributed by atoms with Crippen molar-refractivity contribution in [2.75, 3.05) is 0 Å². The van der Waals surface area contributed by atoms with Gasteiger partial charge in [-0.25, -0.2) is 13.1 Å². The molecular formula is C9H19NO4S. The predicted octanol–water partition coefficient (Wildman–Crippen LogP) is 0.958. The third kappa shape index (κ3) is 6.46. The van der Waals surface area contributed by atoms with E-state index in [9.17, 15) is 13.2 Å². The molecule has 0 amide bonds. The van der Waals surface area contributed by atoms with Gasteiger partial charge in [-0.3, -0.25) is 4.79 Å². The van der Waals surface area contributed by atoms with Crippen molar-refractivity contribution >= 4 is 16.0 Å². The molecule has 5 nitrogen and oxygen atoms in total. The zero-order valence-corrected chi connectivity index (χ0v) is 10.2. The molecule has 0 spiro atoms. The number of sulfonamides is 1. The molecule has 6 heteroatoms. The van der Waals surface area contributed by atoms with Gasteiger partial charge in [0.25, 0.3) is 0 Å². The monoisotopic (exact) mass is 237 g/mol. The second-order valence-electron chi connectivity index (χ2n) is 3.90. The van der Waals surface area contributed by atoms with Gasteiger partial charge in [0.1, 0.15) is 0 Å². The highest BCUT2D eigenvalue weighted by molar-refractivity contribution is 7.90. The van der Waals surface area contributed by atoms with Crippen LogP contribution in [0.1, 0.15) is 40.0 Å². The third-order valence-corrected chi connectivity index (χ3v) is 3.99. The molecule has 0 rings (SSSR count). The number of hydrogen-bond donors (Lipinski definition) is 2. The Kier molecular flexibility index (Phi) is 5.82. The summed E-state index contributed by atoms with van der Waals surface area (Å²) in [6, 6.07) is -0.211. The van der Waals surface area contributed by atoms with Gasteiger partial charge in [-0.15, -0.1) is 0 Å². The van der Waals surface area contributed by atoms with Gasteiger partial charge in [-0.1, -0.05) is 0 Å². The lowest BCUT2D eigenvalue weighted by Crippen LogP contribution is -2.37. The summed E-state index contributed by atoms with van der Waals surface area (Å²) >= 11 is 0. The van der Waals surface area contributed by atoms with Gasteiger partial charge >= 0.3 is 5.97 Å². The highest BCUT2D eigenvalue weighted by Crippen LogP contribution is 2.04. The van der Waals surface area contributed by atoms with Gasteiger partial charge in [-0.2, -0.15) is 0 Å². The summed E-state index contributed by atoms with van der Waals surface area (Å²) in [5.74, 6) is -0.853. The molecular weight excluding hydrogens is 218 g/mol. The number of carbonyl (C=O) groups is 1. The summed E-state index contributed by atoms with van der Waals surface area (Å²) in [5.41, 5.74) is 0. The van der Waals surface area contributed by atoms with E-state index in [1.807, 2.05) is 0 Å². The molecule has 0 aromatic heterocycles. The molecule has 2 N–H and O–H groups in total. The van der Waals surface area contributed by atoms with Crippen LogP contribution in [-0.4, -0.2) is 30.8 Å². The van der Waals surface area contributed by atoms with E-state index in [-0.39, 0.29) is 12.5 Å². The Hall–Kier alpha value is -0.620. The third-order valence-electron chi connectivity index (χ3n) is 2.01. The van der Waals surface area contributed by atoms with E-state index in [2.05, 4.69) is 4.72 Å². The van der Waals surface area contributed by atoms with Crippen LogP contribution in [0.15, 0.2) is 0 Å². The summed E-state index contributed by atoms with van der Waals surface area (Å²) in [5, 5.41) is 7.95. The Morgan fingerprint density at radius 1 is 1.33 bits per heavy atom. The average molecular weight is 237 g/mol. The van der Waals surface area contributed by atoms with Crippen LogP contribution in [-0.2, 0) is 14.8 Å². The van der Waals surface area contributed by atoms with Crippen LogP contribution in [0, 0.1) is 0 Å². The number of carboxylic acid groups (broad SMARTS) is 1. The molecule has 1 atom stereocenters. The van der Waals surface area contributed by atoms with Crippen LogP contribution in [0.25, 0.3) is 0 Å². The number of nitrogens with one attached hydrogen (secondary N) is 1. The van der Waals surface area contributed by atoms with Crippen LogP contribution in [0.5, 0.6) is 0 Å². The van der Waals surface area contributed by atoms with Crippen molar-refractivity contribution in [1.82, 2.24) is 4.72 Å². The molecule has 15 heavy (non-hydrogen) atoms. The minimum Gasteiger partial charge on any atom is -0.481 e. The van der Waals surface area contributed by atoms with E-state index < -0.39 is 21.2 Å². The maximum Gasteiger partial charge on any atom is 0.303 e. The van der Waals surface area contributed by atoms with Crippen LogP contribution >= 0.6 is 0 Å². The first-order chi connectivity index (χ1) is 6.75. The summed E-state index contributed by atoms with van der Waals surface area (Å²) in [7, 11) is -3.25. The quantitative estimate of drug-likeness (QED) is 0.690. The molecule has 0 fully saturated rings. The first-order valence-corrected chi connectivity index (χ1v) is 6.53. The van der Waals surface area contributed by atoms with Crippen LogP contribution in [0.3, 0.4) is 0 Å². The Morgan fingerprint density at radius 2 is 1.87 bits per heavy atom. The number of carboxylic acids is 1. The van der Waals surface area contributed by atoms with Crippen molar-refractivity contribution in [2.45, 2.75) is 51.3 Å². The molecule has 0 radical (unpaired) electrons. The summed E-state index contributed by atoms with van der Waals surface area (Å²) in [4.78, 5) is 10.2. The zero-order valence-electron chi connectivity index (χ0n) is 9.36. The fourth-order valence-corrected chi connectivity index (χ4v) is 1.99. The van der Waals surface area contributed by atoms with Crippen LogP contribution in [0.4, 0.5) is 0 Å². The largest absolute Gasteiger partial charge is 0.481 e. The van der Waals surface area contributed by atoms with Gasteiger partial charge in [0.05, 0.1) is 5.25 Å². The number of hydrogen-bond acceptors (Lipinski definition) is 3. The molecule has 0 aliphatic heterocycles. The fourth-order valence-electron chi connectivity index (χ4n) is 1.03. The van der Waals surface area contributed by atoms with Crippen molar-refractivity contribution in [1.29, 1.82) is 0 Å². The Balaban J connectivity index is 3.94. The van der Waals surface area contributed by atoms with Crippen molar-refractivity contribution in [2.24, 2.45) is 0 Å². The highest BCUT2D eigenvalue weighted by atomic mass is 32.2. The number of rotatable bonds is 7.